The Labute approximate surface area is 254 Å². The Morgan fingerprint density at radius 2 is 1.80 bits per heavy atom. The van der Waals surface area contributed by atoms with Gasteiger partial charge in [-0.15, -0.1) is 0 Å². The van der Waals surface area contributed by atoms with Crippen LogP contribution in [-0.4, -0.2) is 80.0 Å². The Morgan fingerprint density at radius 1 is 1.14 bits per heavy atom. The zero-order chi connectivity index (χ0) is 32.4. The van der Waals surface area contributed by atoms with E-state index in [-0.39, 0.29) is 50.9 Å². The summed E-state index contributed by atoms with van der Waals surface area (Å²) in [6.45, 7) is 4.13. The molecule has 1 aliphatic heterocycles. The van der Waals surface area contributed by atoms with Crippen molar-refractivity contribution in [2.24, 2.45) is 34.4 Å². The molecular formula is C32H40FN3O8. The van der Waals surface area contributed by atoms with Gasteiger partial charge < -0.3 is 15.3 Å². The molecule has 0 aromatic heterocycles. The van der Waals surface area contributed by atoms with E-state index in [4.69, 9.17) is 5.84 Å². The van der Waals surface area contributed by atoms with Crippen LogP contribution in [0.25, 0.3) is 0 Å². The second kappa shape index (κ2) is 10.9. The molecule has 6 N–H and O–H groups in total. The van der Waals surface area contributed by atoms with Gasteiger partial charge in [-0.3, -0.25) is 34.3 Å². The summed E-state index contributed by atoms with van der Waals surface area (Å²) in [5, 5.41) is 33.3. The lowest BCUT2D eigenvalue weighted by Gasteiger charge is -2.63. The molecule has 1 heterocycles. The molecule has 3 amide bonds. The summed E-state index contributed by atoms with van der Waals surface area (Å²) in [6, 6.07) is 0. The number of aliphatic hydroxyl groups is 3. The first kappa shape index (κ1) is 32.1. The molecule has 3 saturated carbocycles. The van der Waals surface area contributed by atoms with Crippen LogP contribution in [0.4, 0.5) is 4.39 Å². The fourth-order valence-corrected chi connectivity index (χ4v) is 9.17. The highest BCUT2D eigenvalue weighted by Gasteiger charge is 2.76. The molecule has 0 aromatic rings. The Balaban J connectivity index is 1.63. The zero-order valence-electron chi connectivity index (χ0n) is 25.1. The van der Waals surface area contributed by atoms with Crippen molar-refractivity contribution in [1.29, 1.82) is 0 Å². The van der Waals surface area contributed by atoms with E-state index in [0.717, 1.165) is 4.90 Å². The van der Waals surface area contributed by atoms with E-state index in [9.17, 15) is 39.3 Å². The number of ketones is 2. The molecular weight excluding hydrogens is 573 g/mol. The van der Waals surface area contributed by atoms with Gasteiger partial charge in [-0.2, -0.15) is 0 Å². The van der Waals surface area contributed by atoms with Crippen LogP contribution >= 0.6 is 0 Å². The molecule has 0 radical (unpaired) electrons. The maximum Gasteiger partial charge on any atom is 0.253 e. The van der Waals surface area contributed by atoms with Crippen molar-refractivity contribution in [3.05, 3.63) is 47.1 Å². The monoisotopic (exact) mass is 613 g/mol. The highest BCUT2D eigenvalue weighted by Crippen LogP contribution is 2.71. The van der Waals surface area contributed by atoms with Crippen molar-refractivity contribution in [3.8, 4) is 0 Å². The second-order valence-electron chi connectivity index (χ2n) is 13.4. The van der Waals surface area contributed by atoms with Crippen LogP contribution in [0.5, 0.6) is 0 Å². The Kier molecular flexibility index (Phi) is 7.97. The molecule has 0 spiro atoms. The summed E-state index contributed by atoms with van der Waals surface area (Å²) >= 11 is 0. The van der Waals surface area contributed by atoms with E-state index in [1.54, 1.807) is 20.8 Å². The number of imide groups is 1. The van der Waals surface area contributed by atoms with Crippen LogP contribution in [-0.2, 0) is 24.0 Å². The van der Waals surface area contributed by atoms with Gasteiger partial charge in [0.05, 0.1) is 6.10 Å². The number of carbonyl (C=O) groups is 5. The molecule has 0 saturated heterocycles. The van der Waals surface area contributed by atoms with E-state index in [1.165, 1.54) is 30.4 Å². The Hall–Kier alpha value is -3.32. The average molecular weight is 614 g/mol. The number of Topliss-reactive ketones (excluding diaryl/α,β-unsaturated/α-hetero) is 1. The Morgan fingerprint density at radius 3 is 2.41 bits per heavy atom. The van der Waals surface area contributed by atoms with Crippen molar-refractivity contribution in [2.45, 2.75) is 76.7 Å². The number of rotatable bonds is 8. The van der Waals surface area contributed by atoms with Crippen LogP contribution in [0.3, 0.4) is 0 Å². The molecule has 3 fully saturated rings. The molecule has 12 heteroatoms. The SMILES string of the molecule is C[C@@H]1C[C@H]2[C@@H]3CC(=C(CCCN4C(=O)C=CC4=O)CC(=O)NN)C4=CC(=O)C=C[C@]4(C)[C@@]3(F)[C@@H](O)C[C@]2(C)[C@@]1(O)C(=O)CO. The predicted octanol–water partition coefficient (Wildman–Crippen LogP) is 0.887. The summed E-state index contributed by atoms with van der Waals surface area (Å²) in [5.74, 6) is 0.641. The highest BCUT2D eigenvalue weighted by atomic mass is 19.1. The van der Waals surface area contributed by atoms with Crippen LogP contribution in [0.15, 0.2) is 47.1 Å². The predicted molar refractivity (Wildman–Crippen MR) is 154 cm³/mol. The van der Waals surface area contributed by atoms with Gasteiger partial charge in [0.2, 0.25) is 5.91 Å². The highest BCUT2D eigenvalue weighted by molar-refractivity contribution is 6.12. The average Bonchev–Trinajstić information content (AvgIpc) is 3.40. The zero-order valence-corrected chi connectivity index (χ0v) is 25.1. The van der Waals surface area contributed by atoms with Gasteiger partial charge in [0, 0.05) is 41.9 Å². The molecule has 0 unspecified atom stereocenters. The van der Waals surface area contributed by atoms with Gasteiger partial charge in [-0.25, -0.2) is 10.2 Å². The first-order valence-electron chi connectivity index (χ1n) is 15.0. The van der Waals surface area contributed by atoms with E-state index >= 15 is 4.39 Å². The Bertz CT molecular complexity index is 1430. The molecule has 5 rings (SSSR count). The molecule has 0 bridgehead atoms. The number of carbonyl (C=O) groups excluding carboxylic acids is 5. The van der Waals surface area contributed by atoms with Gasteiger partial charge in [0.1, 0.15) is 12.2 Å². The lowest BCUT2D eigenvalue weighted by Crippen LogP contribution is -2.69. The van der Waals surface area contributed by atoms with Gasteiger partial charge in [0.15, 0.2) is 17.2 Å². The standard InChI is InChI=1S/C32H40FN3O8/c1-17-11-22-23-14-20(18(12-26(41)35-34)5-4-10-36-27(42)6-7-28(36)43)21-13-19(38)8-9-29(21,2)31(23,33)24(39)15-30(22,3)32(17,44)25(40)16-37/h6-9,13,17,22-24,37,39,44H,4-5,10-12,14-16,34H2,1-3H3,(H,35,41)/t17-,22+,23+,24+,29+,30+,31+,32+/m1/s1. The normalized spacial score (nSPS) is 40.4. The first-order chi connectivity index (χ1) is 20.6. The minimum Gasteiger partial charge on any atom is -0.390 e. The van der Waals surface area contributed by atoms with E-state index < -0.39 is 76.1 Å². The summed E-state index contributed by atoms with van der Waals surface area (Å²) in [7, 11) is 0. The van der Waals surface area contributed by atoms with Crippen molar-refractivity contribution in [1.82, 2.24) is 10.3 Å². The van der Waals surface area contributed by atoms with Crippen molar-refractivity contribution < 1.29 is 43.7 Å². The number of nitrogens with one attached hydrogen (secondary N) is 1. The topological polar surface area (TPSA) is 187 Å². The molecule has 0 aromatic carbocycles. The van der Waals surface area contributed by atoms with Gasteiger partial charge >= 0.3 is 0 Å². The number of amides is 3. The summed E-state index contributed by atoms with van der Waals surface area (Å²) < 4.78 is 18.0. The lowest BCUT2D eigenvalue weighted by molar-refractivity contribution is -0.216. The molecule has 11 nitrogen and oxygen atoms in total. The molecule has 238 valence electrons. The minimum absolute atomic E-state index is 0.0111. The number of hydrogen-bond donors (Lipinski definition) is 5. The van der Waals surface area contributed by atoms with Gasteiger partial charge in [-0.05, 0) is 74.2 Å². The third-order valence-electron chi connectivity index (χ3n) is 11.4. The number of hydrazine groups is 1. The molecule has 5 aliphatic rings. The number of alkyl halides is 1. The second-order valence-corrected chi connectivity index (χ2v) is 13.4. The number of hydrogen-bond acceptors (Lipinski definition) is 9. The first-order valence-corrected chi connectivity index (χ1v) is 15.0. The van der Waals surface area contributed by atoms with Gasteiger partial charge in [0.25, 0.3) is 11.8 Å². The maximum atomic E-state index is 18.0. The molecule has 8 atom stereocenters. The van der Waals surface area contributed by atoms with Crippen molar-refractivity contribution in [3.63, 3.8) is 0 Å². The van der Waals surface area contributed by atoms with Crippen molar-refractivity contribution in [2.75, 3.05) is 13.2 Å². The number of fused-ring (bicyclic) bond motifs is 5. The summed E-state index contributed by atoms with van der Waals surface area (Å²) in [4.78, 5) is 63.7. The third kappa shape index (κ3) is 4.33. The molecule has 4 aliphatic carbocycles. The maximum absolute atomic E-state index is 18.0. The lowest BCUT2D eigenvalue weighted by atomic mass is 9.43. The van der Waals surface area contributed by atoms with E-state index in [2.05, 4.69) is 5.43 Å². The van der Waals surface area contributed by atoms with E-state index in [1.807, 2.05) is 0 Å². The van der Waals surface area contributed by atoms with Crippen LogP contribution < -0.4 is 11.3 Å². The number of halogens is 1. The largest absolute Gasteiger partial charge is 0.390 e. The summed E-state index contributed by atoms with van der Waals surface area (Å²) in [5.41, 5.74) is -3.58. The molecule has 44 heavy (non-hydrogen) atoms. The van der Waals surface area contributed by atoms with Crippen LogP contribution in [0.2, 0.25) is 0 Å². The van der Waals surface area contributed by atoms with E-state index in [0.29, 0.717) is 16.7 Å². The van der Waals surface area contributed by atoms with Gasteiger partial charge in [-0.1, -0.05) is 25.5 Å². The quantitative estimate of drug-likeness (QED) is 0.115. The van der Waals surface area contributed by atoms with Crippen LogP contribution in [0.1, 0.15) is 59.3 Å². The fourth-order valence-electron chi connectivity index (χ4n) is 9.17. The van der Waals surface area contributed by atoms with Crippen LogP contribution in [0, 0.1) is 28.6 Å². The fraction of sp³-hybridized carbons (Fsp3) is 0.594. The smallest absolute Gasteiger partial charge is 0.253 e. The number of allylic oxidation sites excluding steroid dienone is 5. The third-order valence-corrected chi connectivity index (χ3v) is 11.4. The van der Waals surface area contributed by atoms with Crippen molar-refractivity contribution >= 4 is 29.3 Å². The summed E-state index contributed by atoms with van der Waals surface area (Å²) in [6.07, 6.45) is 5.06. The minimum atomic E-state index is -2.31. The number of nitrogens with two attached hydrogens (primary N) is 1. The number of aliphatic hydroxyl groups excluding tert-OH is 2. The number of nitrogens with zero attached hydrogens (tertiary/aromatic N) is 1.